The van der Waals surface area contributed by atoms with Crippen LogP contribution in [-0.2, 0) is 6.54 Å². The van der Waals surface area contributed by atoms with Crippen LogP contribution in [0.4, 0.5) is 0 Å². The predicted molar refractivity (Wildman–Crippen MR) is 81.8 cm³/mol. The molecule has 2 rings (SSSR count). The van der Waals surface area contributed by atoms with Gasteiger partial charge in [0, 0.05) is 6.54 Å². The van der Waals surface area contributed by atoms with E-state index in [0.29, 0.717) is 12.1 Å². The highest BCUT2D eigenvalue weighted by atomic mass is 32.2. The first-order valence-corrected chi connectivity index (χ1v) is 7.97. The monoisotopic (exact) mass is 294 g/mol. The van der Waals surface area contributed by atoms with Crippen molar-refractivity contribution in [3.05, 3.63) is 34.2 Å². The Kier molecular flexibility index (Phi) is 4.89. The Morgan fingerprint density at radius 2 is 2.15 bits per heavy atom. The van der Waals surface area contributed by atoms with Crippen LogP contribution in [0.3, 0.4) is 0 Å². The Morgan fingerprint density at radius 1 is 1.35 bits per heavy atom. The SMILES string of the molecule is CSCCCCCn1c(=O)[nH]c2cc(C(=O)O)ccc21. The van der Waals surface area contributed by atoms with E-state index < -0.39 is 5.97 Å². The lowest BCUT2D eigenvalue weighted by Crippen LogP contribution is -2.16. The number of unbranched alkanes of at least 4 members (excludes halogenated alkanes) is 2. The van der Waals surface area contributed by atoms with Gasteiger partial charge in [0.15, 0.2) is 0 Å². The zero-order valence-electron chi connectivity index (χ0n) is 11.4. The van der Waals surface area contributed by atoms with Gasteiger partial charge in [0.05, 0.1) is 16.6 Å². The number of benzene rings is 1. The fraction of sp³-hybridized carbons (Fsp3) is 0.429. The van der Waals surface area contributed by atoms with Gasteiger partial charge in [0.1, 0.15) is 0 Å². The topological polar surface area (TPSA) is 75.1 Å². The van der Waals surface area contributed by atoms with Crippen molar-refractivity contribution in [3.63, 3.8) is 0 Å². The molecule has 1 aromatic heterocycles. The largest absolute Gasteiger partial charge is 0.478 e. The van der Waals surface area contributed by atoms with Gasteiger partial charge in [-0.05, 0) is 43.0 Å². The molecule has 0 atom stereocenters. The van der Waals surface area contributed by atoms with Crippen LogP contribution in [0, 0.1) is 0 Å². The summed E-state index contributed by atoms with van der Waals surface area (Å²) in [5, 5.41) is 8.94. The van der Waals surface area contributed by atoms with Gasteiger partial charge >= 0.3 is 11.7 Å². The number of thioether (sulfide) groups is 1. The van der Waals surface area contributed by atoms with E-state index in [1.165, 1.54) is 12.1 Å². The summed E-state index contributed by atoms with van der Waals surface area (Å²) in [6.07, 6.45) is 5.28. The molecule has 2 N–H and O–H groups in total. The molecule has 1 heterocycles. The summed E-state index contributed by atoms with van der Waals surface area (Å²) >= 11 is 1.83. The minimum Gasteiger partial charge on any atom is -0.478 e. The molecule has 0 aliphatic rings. The molecule has 0 unspecified atom stereocenters. The number of carboxylic acids is 1. The van der Waals surface area contributed by atoms with Gasteiger partial charge in [-0.3, -0.25) is 4.57 Å². The molecule has 2 aromatic rings. The van der Waals surface area contributed by atoms with Gasteiger partial charge in [-0.2, -0.15) is 11.8 Å². The molecule has 20 heavy (non-hydrogen) atoms. The number of carboxylic acid groups (broad SMARTS) is 1. The lowest BCUT2D eigenvalue weighted by Gasteiger charge is -2.03. The number of aromatic nitrogens is 2. The molecular weight excluding hydrogens is 276 g/mol. The highest BCUT2D eigenvalue weighted by Gasteiger charge is 2.09. The Morgan fingerprint density at radius 3 is 2.85 bits per heavy atom. The summed E-state index contributed by atoms with van der Waals surface area (Å²) in [5.41, 5.74) is 1.36. The molecule has 0 amide bonds. The molecule has 0 saturated heterocycles. The van der Waals surface area contributed by atoms with Crippen LogP contribution < -0.4 is 5.69 Å². The fourth-order valence-electron chi connectivity index (χ4n) is 2.21. The van der Waals surface area contributed by atoms with E-state index in [4.69, 9.17) is 5.11 Å². The van der Waals surface area contributed by atoms with E-state index in [0.717, 1.165) is 30.5 Å². The Labute approximate surface area is 121 Å². The second-order valence-corrected chi connectivity index (χ2v) is 5.66. The number of H-pyrrole nitrogens is 1. The number of aromatic amines is 1. The molecular formula is C14H18N2O3S. The average Bonchev–Trinajstić information content (AvgIpc) is 2.73. The lowest BCUT2D eigenvalue weighted by molar-refractivity contribution is 0.0697. The normalized spacial score (nSPS) is 11.1. The molecule has 5 nitrogen and oxygen atoms in total. The third-order valence-electron chi connectivity index (χ3n) is 3.25. The maximum atomic E-state index is 11.9. The van der Waals surface area contributed by atoms with Crippen molar-refractivity contribution in [1.29, 1.82) is 0 Å². The first kappa shape index (κ1) is 14.7. The number of rotatable bonds is 7. The molecule has 0 spiro atoms. The highest BCUT2D eigenvalue weighted by Crippen LogP contribution is 2.14. The maximum Gasteiger partial charge on any atom is 0.335 e. The van der Waals surface area contributed by atoms with Crippen molar-refractivity contribution in [3.8, 4) is 0 Å². The number of nitrogens with zero attached hydrogens (tertiary/aromatic N) is 1. The van der Waals surface area contributed by atoms with Crippen LogP contribution in [0.5, 0.6) is 0 Å². The van der Waals surface area contributed by atoms with Crippen LogP contribution in [0.2, 0.25) is 0 Å². The molecule has 0 fully saturated rings. The molecule has 1 aromatic carbocycles. The number of fused-ring (bicyclic) bond motifs is 1. The number of carbonyl (C=O) groups is 1. The minimum atomic E-state index is -0.988. The number of hydrogen-bond donors (Lipinski definition) is 2. The smallest absolute Gasteiger partial charge is 0.335 e. The standard InChI is InChI=1S/C14H18N2O3S/c1-20-8-4-2-3-7-16-12-6-5-10(13(17)18)9-11(12)15-14(16)19/h5-6,9H,2-4,7-8H2,1H3,(H,15,19)(H,17,18). The van der Waals surface area contributed by atoms with Crippen LogP contribution in [0.15, 0.2) is 23.0 Å². The van der Waals surface area contributed by atoms with Gasteiger partial charge < -0.3 is 10.1 Å². The Hall–Kier alpha value is -1.69. The van der Waals surface area contributed by atoms with Crippen LogP contribution in [-0.4, -0.2) is 32.6 Å². The first-order chi connectivity index (χ1) is 9.63. The van der Waals surface area contributed by atoms with E-state index in [1.807, 2.05) is 11.8 Å². The second-order valence-electron chi connectivity index (χ2n) is 4.67. The van der Waals surface area contributed by atoms with Gasteiger partial charge in [0.2, 0.25) is 0 Å². The average molecular weight is 294 g/mol. The van der Waals surface area contributed by atoms with Crippen molar-refractivity contribution >= 4 is 28.8 Å². The summed E-state index contributed by atoms with van der Waals surface area (Å²) in [4.78, 5) is 25.5. The second kappa shape index (κ2) is 6.65. The zero-order chi connectivity index (χ0) is 14.5. The van der Waals surface area contributed by atoms with Crippen molar-refractivity contribution in [2.45, 2.75) is 25.8 Å². The van der Waals surface area contributed by atoms with E-state index in [-0.39, 0.29) is 11.3 Å². The molecule has 0 aliphatic carbocycles. The maximum absolute atomic E-state index is 11.9. The van der Waals surface area contributed by atoms with Gasteiger partial charge in [-0.1, -0.05) is 6.42 Å². The van der Waals surface area contributed by atoms with Crippen molar-refractivity contribution in [2.75, 3.05) is 12.0 Å². The summed E-state index contributed by atoms with van der Waals surface area (Å²) in [5.74, 6) is 0.155. The number of hydrogen-bond acceptors (Lipinski definition) is 3. The quantitative estimate of drug-likeness (QED) is 0.770. The number of aromatic carboxylic acids is 1. The van der Waals surface area contributed by atoms with Crippen LogP contribution >= 0.6 is 11.8 Å². The van der Waals surface area contributed by atoms with Crippen molar-refractivity contribution in [2.24, 2.45) is 0 Å². The number of aryl methyl sites for hydroxylation is 1. The summed E-state index contributed by atoms with van der Waals surface area (Å²) < 4.78 is 1.68. The fourth-order valence-corrected chi connectivity index (χ4v) is 2.70. The van der Waals surface area contributed by atoms with Crippen molar-refractivity contribution in [1.82, 2.24) is 9.55 Å². The van der Waals surface area contributed by atoms with E-state index in [9.17, 15) is 9.59 Å². The molecule has 108 valence electrons. The van der Waals surface area contributed by atoms with E-state index >= 15 is 0 Å². The first-order valence-electron chi connectivity index (χ1n) is 6.58. The molecule has 6 heteroatoms. The third kappa shape index (κ3) is 3.25. The Balaban J connectivity index is 2.15. The van der Waals surface area contributed by atoms with Crippen molar-refractivity contribution < 1.29 is 9.90 Å². The van der Waals surface area contributed by atoms with Gasteiger partial charge in [0.25, 0.3) is 0 Å². The number of imidazole rings is 1. The summed E-state index contributed by atoms with van der Waals surface area (Å²) in [7, 11) is 0. The Bertz CT molecular complexity index is 660. The van der Waals surface area contributed by atoms with E-state index in [1.54, 1.807) is 10.6 Å². The predicted octanol–water partition coefficient (Wildman–Crippen LogP) is 2.56. The highest BCUT2D eigenvalue weighted by molar-refractivity contribution is 7.98. The number of nitrogens with one attached hydrogen (secondary N) is 1. The summed E-state index contributed by atoms with van der Waals surface area (Å²) in [6.45, 7) is 0.666. The zero-order valence-corrected chi connectivity index (χ0v) is 12.2. The lowest BCUT2D eigenvalue weighted by atomic mass is 10.2. The third-order valence-corrected chi connectivity index (χ3v) is 3.95. The molecule has 0 saturated carbocycles. The minimum absolute atomic E-state index is 0.174. The molecule has 0 aliphatic heterocycles. The van der Waals surface area contributed by atoms with Crippen LogP contribution in [0.1, 0.15) is 29.6 Å². The molecule has 0 radical (unpaired) electrons. The van der Waals surface area contributed by atoms with Gasteiger partial charge in [-0.15, -0.1) is 0 Å². The van der Waals surface area contributed by atoms with E-state index in [2.05, 4.69) is 11.2 Å². The van der Waals surface area contributed by atoms with Gasteiger partial charge in [-0.25, -0.2) is 9.59 Å². The molecule has 0 bridgehead atoms. The summed E-state index contributed by atoms with van der Waals surface area (Å²) in [6, 6.07) is 4.73. The van der Waals surface area contributed by atoms with Crippen LogP contribution in [0.25, 0.3) is 11.0 Å².